The lowest BCUT2D eigenvalue weighted by Gasteiger charge is -2.34. The van der Waals surface area contributed by atoms with Gasteiger partial charge in [-0.15, -0.1) is 0 Å². The molecule has 1 aromatic rings. The van der Waals surface area contributed by atoms with E-state index in [4.69, 9.17) is 16.3 Å². The molecule has 1 aromatic carbocycles. The number of benzene rings is 1. The zero-order chi connectivity index (χ0) is 14.8. The van der Waals surface area contributed by atoms with Crippen molar-refractivity contribution in [3.8, 4) is 5.75 Å². The fourth-order valence-corrected chi connectivity index (χ4v) is 2.92. The van der Waals surface area contributed by atoms with E-state index >= 15 is 0 Å². The Kier molecular flexibility index (Phi) is 4.17. The van der Waals surface area contributed by atoms with Gasteiger partial charge < -0.3 is 14.5 Å². The molecular formula is C16H19ClN2O2. The van der Waals surface area contributed by atoms with Crippen LogP contribution in [-0.2, 0) is 4.79 Å². The van der Waals surface area contributed by atoms with Gasteiger partial charge in [-0.2, -0.15) is 0 Å². The third kappa shape index (κ3) is 3.06. The zero-order valence-electron chi connectivity index (χ0n) is 12.1. The molecule has 2 heterocycles. The Hall–Kier alpha value is -1.52. The predicted molar refractivity (Wildman–Crippen MR) is 83.6 cm³/mol. The van der Waals surface area contributed by atoms with Gasteiger partial charge in [-0.05, 0) is 30.8 Å². The third-order valence-electron chi connectivity index (χ3n) is 4.07. The Bertz CT molecular complexity index is 578. The van der Waals surface area contributed by atoms with E-state index in [-0.39, 0.29) is 5.91 Å². The van der Waals surface area contributed by atoms with Gasteiger partial charge in [0, 0.05) is 36.8 Å². The maximum absolute atomic E-state index is 12.6. The van der Waals surface area contributed by atoms with Crippen LogP contribution in [0.25, 0.3) is 6.08 Å². The van der Waals surface area contributed by atoms with E-state index in [1.54, 1.807) is 6.07 Å². The van der Waals surface area contributed by atoms with Gasteiger partial charge in [0.15, 0.2) is 0 Å². The summed E-state index contributed by atoms with van der Waals surface area (Å²) in [6, 6.07) is 5.47. The molecule has 112 valence electrons. The van der Waals surface area contributed by atoms with Crippen LogP contribution in [0.15, 0.2) is 23.8 Å². The Morgan fingerprint density at radius 3 is 2.76 bits per heavy atom. The highest BCUT2D eigenvalue weighted by Crippen LogP contribution is 2.29. The predicted octanol–water partition coefficient (Wildman–Crippen LogP) is 2.28. The molecule has 2 aliphatic heterocycles. The molecule has 0 saturated carbocycles. The molecule has 5 heteroatoms. The number of carbonyl (C=O) groups excluding carboxylic acids is 1. The van der Waals surface area contributed by atoms with Crippen molar-refractivity contribution in [1.82, 2.24) is 9.80 Å². The number of piperazine rings is 1. The van der Waals surface area contributed by atoms with Crippen LogP contribution in [0.5, 0.6) is 5.75 Å². The van der Waals surface area contributed by atoms with Crippen molar-refractivity contribution >= 4 is 23.6 Å². The SMILES string of the molecule is CCN1CCN(C(=O)C2=Cc3cc(Cl)ccc3OC2)CC1. The molecule has 3 rings (SSSR count). The van der Waals surface area contributed by atoms with Crippen LogP contribution in [0.3, 0.4) is 0 Å². The zero-order valence-corrected chi connectivity index (χ0v) is 12.9. The molecule has 0 aliphatic carbocycles. The van der Waals surface area contributed by atoms with Gasteiger partial charge in [-0.1, -0.05) is 18.5 Å². The number of nitrogens with zero attached hydrogens (tertiary/aromatic N) is 2. The monoisotopic (exact) mass is 306 g/mol. The Morgan fingerprint density at radius 1 is 1.29 bits per heavy atom. The van der Waals surface area contributed by atoms with E-state index in [0.29, 0.717) is 17.2 Å². The number of fused-ring (bicyclic) bond motifs is 1. The second-order valence-corrected chi connectivity index (χ2v) is 5.80. The van der Waals surface area contributed by atoms with Gasteiger partial charge >= 0.3 is 0 Å². The summed E-state index contributed by atoms with van der Waals surface area (Å²) in [7, 11) is 0. The molecule has 2 aliphatic rings. The summed E-state index contributed by atoms with van der Waals surface area (Å²) < 4.78 is 5.66. The quantitative estimate of drug-likeness (QED) is 0.840. The van der Waals surface area contributed by atoms with E-state index in [1.165, 1.54) is 0 Å². The number of rotatable bonds is 2. The van der Waals surface area contributed by atoms with Crippen molar-refractivity contribution in [3.63, 3.8) is 0 Å². The van der Waals surface area contributed by atoms with Crippen molar-refractivity contribution in [2.45, 2.75) is 6.92 Å². The lowest BCUT2D eigenvalue weighted by molar-refractivity contribution is -0.129. The van der Waals surface area contributed by atoms with Crippen molar-refractivity contribution in [1.29, 1.82) is 0 Å². The highest BCUT2D eigenvalue weighted by Gasteiger charge is 2.25. The molecule has 0 aromatic heterocycles. The molecule has 1 saturated heterocycles. The summed E-state index contributed by atoms with van der Waals surface area (Å²) in [6.07, 6.45) is 1.90. The van der Waals surface area contributed by atoms with Gasteiger partial charge in [-0.3, -0.25) is 4.79 Å². The number of halogens is 1. The van der Waals surface area contributed by atoms with Crippen LogP contribution >= 0.6 is 11.6 Å². The first-order chi connectivity index (χ1) is 10.2. The molecule has 1 fully saturated rings. The Morgan fingerprint density at radius 2 is 2.05 bits per heavy atom. The van der Waals surface area contributed by atoms with E-state index in [0.717, 1.165) is 44.0 Å². The summed E-state index contributed by atoms with van der Waals surface area (Å²) in [5, 5.41) is 0.652. The van der Waals surface area contributed by atoms with E-state index < -0.39 is 0 Å². The summed E-state index contributed by atoms with van der Waals surface area (Å²) in [6.45, 7) is 6.98. The van der Waals surface area contributed by atoms with Crippen molar-refractivity contribution in [2.24, 2.45) is 0 Å². The Balaban J connectivity index is 1.74. The second-order valence-electron chi connectivity index (χ2n) is 5.37. The van der Waals surface area contributed by atoms with Gasteiger partial charge in [0.05, 0.1) is 5.57 Å². The van der Waals surface area contributed by atoms with E-state index in [2.05, 4.69) is 11.8 Å². The van der Waals surface area contributed by atoms with Crippen LogP contribution < -0.4 is 4.74 Å². The van der Waals surface area contributed by atoms with E-state index in [1.807, 2.05) is 23.1 Å². The minimum absolute atomic E-state index is 0.0800. The van der Waals surface area contributed by atoms with Gasteiger partial charge in [-0.25, -0.2) is 0 Å². The van der Waals surface area contributed by atoms with Crippen molar-refractivity contribution in [3.05, 3.63) is 34.4 Å². The molecule has 0 N–H and O–H groups in total. The van der Waals surface area contributed by atoms with Crippen LogP contribution in [0.2, 0.25) is 5.02 Å². The van der Waals surface area contributed by atoms with Crippen LogP contribution in [0.4, 0.5) is 0 Å². The van der Waals surface area contributed by atoms with Crippen molar-refractivity contribution in [2.75, 3.05) is 39.3 Å². The molecule has 21 heavy (non-hydrogen) atoms. The number of hydrogen-bond acceptors (Lipinski definition) is 3. The summed E-state index contributed by atoms with van der Waals surface area (Å²) in [4.78, 5) is 16.8. The van der Waals surface area contributed by atoms with E-state index in [9.17, 15) is 4.79 Å². The lowest BCUT2D eigenvalue weighted by atomic mass is 10.1. The first kappa shape index (κ1) is 14.4. The third-order valence-corrected chi connectivity index (χ3v) is 4.30. The summed E-state index contributed by atoms with van der Waals surface area (Å²) in [5.74, 6) is 0.864. The maximum atomic E-state index is 12.6. The normalized spacial score (nSPS) is 18.8. The van der Waals surface area contributed by atoms with Crippen LogP contribution in [0.1, 0.15) is 12.5 Å². The topological polar surface area (TPSA) is 32.8 Å². The van der Waals surface area contributed by atoms with Crippen LogP contribution in [0, 0.1) is 0 Å². The number of hydrogen-bond donors (Lipinski definition) is 0. The first-order valence-electron chi connectivity index (χ1n) is 7.32. The average molecular weight is 307 g/mol. The standard InChI is InChI=1S/C16H19ClN2O2/c1-2-18-5-7-19(8-6-18)16(20)13-9-12-10-14(17)3-4-15(12)21-11-13/h3-4,9-10H,2,5-8,11H2,1H3. The molecule has 1 amide bonds. The smallest absolute Gasteiger partial charge is 0.253 e. The molecule has 0 bridgehead atoms. The largest absolute Gasteiger partial charge is 0.488 e. The number of ether oxygens (including phenoxy) is 1. The number of amides is 1. The fraction of sp³-hybridized carbons (Fsp3) is 0.438. The molecule has 0 spiro atoms. The summed E-state index contributed by atoms with van der Waals surface area (Å²) in [5.41, 5.74) is 1.58. The maximum Gasteiger partial charge on any atom is 0.253 e. The minimum Gasteiger partial charge on any atom is -0.488 e. The number of likely N-dealkylation sites (N-methyl/N-ethyl adjacent to an activating group) is 1. The van der Waals surface area contributed by atoms with Crippen LogP contribution in [-0.4, -0.2) is 55.0 Å². The molecule has 4 nitrogen and oxygen atoms in total. The van der Waals surface area contributed by atoms with Crippen molar-refractivity contribution < 1.29 is 9.53 Å². The summed E-state index contributed by atoms with van der Waals surface area (Å²) >= 11 is 6.00. The number of carbonyl (C=O) groups is 1. The van der Waals surface area contributed by atoms with Gasteiger partial charge in [0.1, 0.15) is 12.4 Å². The van der Waals surface area contributed by atoms with Gasteiger partial charge in [0.2, 0.25) is 0 Å². The molecule has 0 radical (unpaired) electrons. The minimum atomic E-state index is 0.0800. The molecule has 0 unspecified atom stereocenters. The second kappa shape index (κ2) is 6.08. The molecule has 0 atom stereocenters. The average Bonchev–Trinajstić information content (AvgIpc) is 2.53. The highest BCUT2D eigenvalue weighted by molar-refractivity contribution is 6.30. The lowest BCUT2D eigenvalue weighted by Crippen LogP contribution is -2.49. The fourth-order valence-electron chi connectivity index (χ4n) is 2.74. The van der Waals surface area contributed by atoms with Gasteiger partial charge in [0.25, 0.3) is 5.91 Å². The highest BCUT2D eigenvalue weighted by atomic mass is 35.5. The first-order valence-corrected chi connectivity index (χ1v) is 7.69. The molecular weight excluding hydrogens is 288 g/mol. The Labute approximate surface area is 129 Å².